The number of aliphatic hydroxyl groups is 1. The fraction of sp³-hybridized carbons (Fsp3) is 0.188. The number of halogens is 2. The van der Waals surface area contributed by atoms with E-state index in [2.05, 4.69) is 10.6 Å². The van der Waals surface area contributed by atoms with Crippen molar-refractivity contribution >= 4 is 11.7 Å². The first-order valence-corrected chi connectivity index (χ1v) is 6.66. The standard InChI is InChI=1S/C16H16F2N2O2/c1-16(22,11-5-3-2-4-6-11)10-19-15(21)20-14-8-7-12(17)9-13(14)18/h2-9,22H,10H2,1H3,(H2,19,20,21). The molecule has 0 aliphatic carbocycles. The van der Waals surface area contributed by atoms with Gasteiger partial charge in [0.2, 0.25) is 0 Å². The van der Waals surface area contributed by atoms with Crippen LogP contribution in [0.5, 0.6) is 0 Å². The second-order valence-corrected chi connectivity index (χ2v) is 5.07. The van der Waals surface area contributed by atoms with Crippen molar-refractivity contribution < 1.29 is 18.7 Å². The van der Waals surface area contributed by atoms with Gasteiger partial charge < -0.3 is 15.7 Å². The number of rotatable bonds is 4. The van der Waals surface area contributed by atoms with Crippen molar-refractivity contribution in [1.82, 2.24) is 5.32 Å². The average molecular weight is 306 g/mol. The Morgan fingerprint density at radius 1 is 1.18 bits per heavy atom. The number of hydrogen-bond acceptors (Lipinski definition) is 2. The topological polar surface area (TPSA) is 61.4 Å². The lowest BCUT2D eigenvalue weighted by atomic mass is 9.96. The normalized spacial score (nSPS) is 13.3. The highest BCUT2D eigenvalue weighted by Gasteiger charge is 2.23. The summed E-state index contributed by atoms with van der Waals surface area (Å²) < 4.78 is 26.2. The molecule has 0 aliphatic heterocycles. The molecule has 6 heteroatoms. The van der Waals surface area contributed by atoms with Gasteiger partial charge in [0.1, 0.15) is 17.2 Å². The lowest BCUT2D eigenvalue weighted by Gasteiger charge is -2.24. The first-order valence-electron chi connectivity index (χ1n) is 6.66. The number of carbonyl (C=O) groups is 1. The Balaban J connectivity index is 1.95. The molecule has 0 aliphatic rings. The van der Waals surface area contributed by atoms with Gasteiger partial charge in [-0.15, -0.1) is 0 Å². The predicted molar refractivity (Wildman–Crippen MR) is 79.4 cm³/mol. The van der Waals surface area contributed by atoms with Gasteiger partial charge in [0.15, 0.2) is 0 Å². The van der Waals surface area contributed by atoms with Crippen molar-refractivity contribution in [3.05, 3.63) is 65.7 Å². The van der Waals surface area contributed by atoms with Gasteiger partial charge in [-0.05, 0) is 24.6 Å². The van der Waals surface area contributed by atoms with Crippen LogP contribution in [-0.4, -0.2) is 17.7 Å². The van der Waals surface area contributed by atoms with Crippen molar-refractivity contribution in [3.63, 3.8) is 0 Å². The molecule has 1 atom stereocenters. The van der Waals surface area contributed by atoms with Gasteiger partial charge in [0, 0.05) is 6.07 Å². The SMILES string of the molecule is CC(O)(CNC(=O)Nc1ccc(F)cc1F)c1ccccc1. The third-order valence-corrected chi connectivity index (χ3v) is 3.17. The van der Waals surface area contributed by atoms with Crippen LogP contribution in [0.2, 0.25) is 0 Å². The molecule has 1 unspecified atom stereocenters. The maximum Gasteiger partial charge on any atom is 0.319 e. The lowest BCUT2D eigenvalue weighted by Crippen LogP contribution is -2.40. The summed E-state index contributed by atoms with van der Waals surface area (Å²) in [6.45, 7) is 1.49. The summed E-state index contributed by atoms with van der Waals surface area (Å²) in [7, 11) is 0. The quantitative estimate of drug-likeness (QED) is 0.813. The van der Waals surface area contributed by atoms with Gasteiger partial charge in [-0.25, -0.2) is 13.6 Å². The first-order chi connectivity index (χ1) is 10.4. The Labute approximate surface area is 126 Å². The van der Waals surface area contributed by atoms with Gasteiger partial charge in [0.25, 0.3) is 0 Å². The zero-order chi connectivity index (χ0) is 16.2. The van der Waals surface area contributed by atoms with Crippen LogP contribution < -0.4 is 10.6 Å². The van der Waals surface area contributed by atoms with E-state index in [1.807, 2.05) is 6.07 Å². The van der Waals surface area contributed by atoms with Crippen molar-refractivity contribution in [2.75, 3.05) is 11.9 Å². The largest absolute Gasteiger partial charge is 0.384 e. The van der Waals surface area contributed by atoms with E-state index in [1.165, 1.54) is 0 Å². The molecule has 2 rings (SSSR count). The fourth-order valence-electron chi connectivity index (χ4n) is 1.91. The van der Waals surface area contributed by atoms with Crippen LogP contribution >= 0.6 is 0 Å². The predicted octanol–water partition coefficient (Wildman–Crippen LogP) is 2.99. The molecule has 2 amide bonds. The molecule has 4 nitrogen and oxygen atoms in total. The number of urea groups is 1. The molecule has 0 heterocycles. The van der Waals surface area contributed by atoms with E-state index < -0.39 is 23.3 Å². The van der Waals surface area contributed by atoms with Gasteiger partial charge >= 0.3 is 6.03 Å². The molecule has 0 aromatic heterocycles. The molecule has 0 radical (unpaired) electrons. The molecule has 0 saturated carbocycles. The number of hydrogen-bond donors (Lipinski definition) is 3. The number of anilines is 1. The molecule has 2 aromatic carbocycles. The molecular weight excluding hydrogens is 290 g/mol. The minimum atomic E-state index is -1.26. The Morgan fingerprint density at radius 3 is 2.50 bits per heavy atom. The monoisotopic (exact) mass is 306 g/mol. The van der Waals surface area contributed by atoms with Gasteiger partial charge in [-0.1, -0.05) is 30.3 Å². The van der Waals surface area contributed by atoms with Crippen LogP contribution in [0.15, 0.2) is 48.5 Å². The third-order valence-electron chi connectivity index (χ3n) is 3.17. The zero-order valence-electron chi connectivity index (χ0n) is 11.9. The Kier molecular flexibility index (Phi) is 4.72. The Morgan fingerprint density at radius 2 is 1.86 bits per heavy atom. The van der Waals surface area contributed by atoms with Crippen LogP contribution in [-0.2, 0) is 5.60 Å². The van der Waals surface area contributed by atoms with Crippen molar-refractivity contribution in [3.8, 4) is 0 Å². The highest BCUT2D eigenvalue weighted by atomic mass is 19.1. The summed E-state index contributed by atoms with van der Waals surface area (Å²) in [6.07, 6.45) is 0. The summed E-state index contributed by atoms with van der Waals surface area (Å²) in [5.74, 6) is -1.60. The smallest absolute Gasteiger partial charge is 0.319 e. The molecular formula is C16H16F2N2O2. The second-order valence-electron chi connectivity index (χ2n) is 5.07. The van der Waals surface area contributed by atoms with Gasteiger partial charge in [-0.3, -0.25) is 0 Å². The highest BCUT2D eigenvalue weighted by Crippen LogP contribution is 2.19. The number of nitrogens with one attached hydrogen (secondary N) is 2. The van der Waals surface area contributed by atoms with E-state index in [4.69, 9.17) is 0 Å². The average Bonchev–Trinajstić information content (AvgIpc) is 2.49. The van der Waals surface area contributed by atoms with Crippen LogP contribution in [0.4, 0.5) is 19.3 Å². The van der Waals surface area contributed by atoms with Crippen molar-refractivity contribution in [2.45, 2.75) is 12.5 Å². The third kappa shape index (κ3) is 4.02. The summed E-state index contributed by atoms with van der Waals surface area (Å²) in [5.41, 5.74) is -0.763. The summed E-state index contributed by atoms with van der Waals surface area (Å²) in [4.78, 5) is 11.7. The van der Waals surface area contributed by atoms with Gasteiger partial charge in [0.05, 0.1) is 12.2 Å². The fourth-order valence-corrected chi connectivity index (χ4v) is 1.91. The first kappa shape index (κ1) is 15.9. The summed E-state index contributed by atoms with van der Waals surface area (Å²) in [5, 5.41) is 15.0. The van der Waals surface area contributed by atoms with E-state index >= 15 is 0 Å². The van der Waals surface area contributed by atoms with Crippen LogP contribution in [0, 0.1) is 11.6 Å². The Bertz CT molecular complexity index is 660. The van der Waals surface area contributed by atoms with Crippen LogP contribution in [0.3, 0.4) is 0 Å². The molecule has 22 heavy (non-hydrogen) atoms. The molecule has 0 saturated heterocycles. The summed E-state index contributed by atoms with van der Waals surface area (Å²) in [6, 6.07) is 11.0. The van der Waals surface area contributed by atoms with E-state index in [0.29, 0.717) is 11.6 Å². The Hall–Kier alpha value is -2.47. The van der Waals surface area contributed by atoms with E-state index in [1.54, 1.807) is 31.2 Å². The van der Waals surface area contributed by atoms with Crippen LogP contribution in [0.1, 0.15) is 12.5 Å². The molecule has 0 fully saturated rings. The van der Waals surface area contributed by atoms with Crippen LogP contribution in [0.25, 0.3) is 0 Å². The second kappa shape index (κ2) is 6.53. The number of amides is 2. The molecule has 0 spiro atoms. The zero-order valence-corrected chi connectivity index (χ0v) is 11.9. The van der Waals surface area contributed by atoms with E-state index in [0.717, 1.165) is 12.1 Å². The minimum absolute atomic E-state index is 0.0638. The molecule has 116 valence electrons. The van der Waals surface area contributed by atoms with E-state index in [9.17, 15) is 18.7 Å². The van der Waals surface area contributed by atoms with Crippen molar-refractivity contribution in [1.29, 1.82) is 0 Å². The maximum absolute atomic E-state index is 13.4. The summed E-state index contributed by atoms with van der Waals surface area (Å²) >= 11 is 0. The van der Waals surface area contributed by atoms with Gasteiger partial charge in [-0.2, -0.15) is 0 Å². The number of carbonyl (C=O) groups excluding carboxylic acids is 1. The van der Waals surface area contributed by atoms with E-state index in [-0.39, 0.29) is 12.2 Å². The minimum Gasteiger partial charge on any atom is -0.384 e. The number of benzene rings is 2. The maximum atomic E-state index is 13.4. The lowest BCUT2D eigenvalue weighted by molar-refractivity contribution is 0.0599. The molecule has 0 bridgehead atoms. The molecule has 3 N–H and O–H groups in total. The van der Waals surface area contributed by atoms with Crippen molar-refractivity contribution in [2.24, 2.45) is 0 Å². The molecule has 2 aromatic rings. The highest BCUT2D eigenvalue weighted by molar-refractivity contribution is 5.89.